The number of carboxylic acid groups (broad SMARTS) is 1. The first-order valence-electron chi connectivity index (χ1n) is 11.6. The van der Waals surface area contributed by atoms with Crippen molar-refractivity contribution in [3.63, 3.8) is 0 Å². The summed E-state index contributed by atoms with van der Waals surface area (Å²) in [7, 11) is 1.50. The molecule has 0 radical (unpaired) electrons. The monoisotopic (exact) mass is 567 g/mol. The molecule has 3 aromatic rings. The molecule has 192 valence electrons. The Morgan fingerprint density at radius 1 is 1.03 bits per heavy atom. The standard InChI is InChI=1S/C27H26BrN3O6/c1-36-24-14-17(6-11-23(24)30-27(35)29-22-5-3-2-4-21(22)28)15-25(32)31-13-12-20(16-31)37-19-9-7-18(8-10-19)26(33)34/h2-11,14,20H,12-13,15-16H2,1H3,(H,33,34)(H2,29,30,35). The number of aromatic carboxylic acids is 1. The molecule has 0 bridgehead atoms. The molecule has 37 heavy (non-hydrogen) atoms. The van der Waals surface area contributed by atoms with Gasteiger partial charge in [-0.1, -0.05) is 18.2 Å². The van der Waals surface area contributed by atoms with E-state index in [1.807, 2.05) is 18.2 Å². The molecule has 1 fully saturated rings. The molecule has 1 unspecified atom stereocenters. The first kappa shape index (κ1) is 26.0. The summed E-state index contributed by atoms with van der Waals surface area (Å²) >= 11 is 3.40. The number of methoxy groups -OCH3 is 1. The van der Waals surface area contributed by atoms with Crippen LogP contribution >= 0.6 is 15.9 Å². The number of likely N-dealkylation sites (tertiary alicyclic amines) is 1. The summed E-state index contributed by atoms with van der Waals surface area (Å²) in [6, 6.07) is 18.3. The summed E-state index contributed by atoms with van der Waals surface area (Å²) in [6.07, 6.45) is 0.703. The Morgan fingerprint density at radius 3 is 2.46 bits per heavy atom. The molecule has 0 aliphatic carbocycles. The molecule has 1 aliphatic rings. The van der Waals surface area contributed by atoms with Gasteiger partial charge >= 0.3 is 12.0 Å². The minimum Gasteiger partial charge on any atom is -0.495 e. The van der Waals surface area contributed by atoms with Gasteiger partial charge in [0.1, 0.15) is 17.6 Å². The molecule has 3 amide bonds. The van der Waals surface area contributed by atoms with Gasteiger partial charge in [0.2, 0.25) is 5.91 Å². The van der Waals surface area contributed by atoms with Crippen LogP contribution in [0, 0.1) is 0 Å². The van der Waals surface area contributed by atoms with Crippen molar-refractivity contribution in [2.45, 2.75) is 18.9 Å². The normalized spacial score (nSPS) is 14.6. The fourth-order valence-corrected chi connectivity index (χ4v) is 4.38. The highest BCUT2D eigenvalue weighted by atomic mass is 79.9. The predicted octanol–water partition coefficient (Wildman–Crippen LogP) is 5.02. The number of nitrogens with zero attached hydrogens (tertiary/aromatic N) is 1. The Balaban J connectivity index is 1.32. The average molecular weight is 568 g/mol. The summed E-state index contributed by atoms with van der Waals surface area (Å²) in [5.74, 6) is -0.0177. The number of carbonyl (C=O) groups is 3. The maximum Gasteiger partial charge on any atom is 0.335 e. The van der Waals surface area contributed by atoms with E-state index >= 15 is 0 Å². The predicted molar refractivity (Wildman–Crippen MR) is 142 cm³/mol. The summed E-state index contributed by atoms with van der Waals surface area (Å²) in [4.78, 5) is 38.1. The lowest BCUT2D eigenvalue weighted by Gasteiger charge is -2.18. The van der Waals surface area contributed by atoms with E-state index in [0.29, 0.717) is 42.4 Å². The zero-order valence-corrected chi connectivity index (χ0v) is 21.7. The van der Waals surface area contributed by atoms with Gasteiger partial charge in [-0.2, -0.15) is 0 Å². The summed E-state index contributed by atoms with van der Waals surface area (Å²) in [5, 5.41) is 14.6. The van der Waals surface area contributed by atoms with E-state index in [9.17, 15) is 14.4 Å². The van der Waals surface area contributed by atoms with Gasteiger partial charge < -0.3 is 30.1 Å². The van der Waals surface area contributed by atoms with Crippen molar-refractivity contribution in [2.24, 2.45) is 0 Å². The van der Waals surface area contributed by atoms with Crippen LogP contribution in [-0.2, 0) is 11.2 Å². The van der Waals surface area contributed by atoms with Gasteiger partial charge in [-0.05, 0) is 70.0 Å². The van der Waals surface area contributed by atoms with Crippen molar-refractivity contribution in [3.05, 3.63) is 82.3 Å². The minimum absolute atomic E-state index is 0.0400. The second-order valence-electron chi connectivity index (χ2n) is 8.47. The molecule has 3 aromatic carbocycles. The molecule has 1 atom stereocenters. The number of carbonyl (C=O) groups excluding carboxylic acids is 2. The molecule has 1 aliphatic heterocycles. The number of rotatable bonds is 8. The van der Waals surface area contributed by atoms with Crippen molar-refractivity contribution in [3.8, 4) is 11.5 Å². The number of amides is 3. The third-order valence-corrected chi connectivity index (χ3v) is 6.58. The molecule has 3 N–H and O–H groups in total. The fraction of sp³-hybridized carbons (Fsp3) is 0.222. The maximum absolute atomic E-state index is 12.9. The third kappa shape index (κ3) is 6.79. The number of halogens is 1. The molecule has 0 saturated carbocycles. The maximum atomic E-state index is 12.9. The molecule has 0 spiro atoms. The molecule has 1 heterocycles. The van der Waals surface area contributed by atoms with Gasteiger partial charge in [0, 0.05) is 17.4 Å². The Morgan fingerprint density at radius 2 is 1.76 bits per heavy atom. The summed E-state index contributed by atoms with van der Waals surface area (Å²) < 4.78 is 12.1. The molecular formula is C27H26BrN3O6. The lowest BCUT2D eigenvalue weighted by Crippen LogP contribution is -2.32. The van der Waals surface area contributed by atoms with Crippen LogP contribution in [-0.4, -0.2) is 54.2 Å². The van der Waals surface area contributed by atoms with E-state index in [2.05, 4.69) is 26.6 Å². The lowest BCUT2D eigenvalue weighted by atomic mass is 10.1. The van der Waals surface area contributed by atoms with Crippen molar-refractivity contribution in [2.75, 3.05) is 30.8 Å². The number of nitrogens with one attached hydrogen (secondary N) is 2. The van der Waals surface area contributed by atoms with Crippen LogP contribution in [0.25, 0.3) is 0 Å². The smallest absolute Gasteiger partial charge is 0.335 e. The highest BCUT2D eigenvalue weighted by Gasteiger charge is 2.28. The number of hydrogen-bond acceptors (Lipinski definition) is 5. The largest absolute Gasteiger partial charge is 0.495 e. The van der Waals surface area contributed by atoms with E-state index in [1.54, 1.807) is 41.3 Å². The van der Waals surface area contributed by atoms with Gasteiger partial charge in [0.25, 0.3) is 0 Å². The van der Waals surface area contributed by atoms with Crippen LogP contribution in [0.5, 0.6) is 11.5 Å². The molecule has 9 nitrogen and oxygen atoms in total. The molecule has 10 heteroatoms. The van der Waals surface area contributed by atoms with E-state index in [4.69, 9.17) is 14.6 Å². The third-order valence-electron chi connectivity index (χ3n) is 5.89. The van der Waals surface area contributed by atoms with Crippen LogP contribution in [0.3, 0.4) is 0 Å². The number of hydrogen-bond donors (Lipinski definition) is 3. The highest BCUT2D eigenvalue weighted by Crippen LogP contribution is 2.28. The van der Waals surface area contributed by atoms with Crippen molar-refractivity contribution >= 4 is 45.2 Å². The average Bonchev–Trinajstić information content (AvgIpc) is 3.35. The van der Waals surface area contributed by atoms with E-state index in [-0.39, 0.29) is 24.0 Å². The Hall–Kier alpha value is -4.05. The SMILES string of the molecule is COc1cc(CC(=O)N2CCC(Oc3ccc(C(=O)O)cc3)C2)ccc1NC(=O)Nc1ccccc1Br. The molecule has 0 aromatic heterocycles. The highest BCUT2D eigenvalue weighted by molar-refractivity contribution is 9.10. The van der Waals surface area contributed by atoms with Crippen molar-refractivity contribution in [1.82, 2.24) is 4.90 Å². The Kier molecular flexibility index (Phi) is 8.29. The van der Waals surface area contributed by atoms with Gasteiger partial charge in [-0.3, -0.25) is 4.79 Å². The van der Waals surface area contributed by atoms with Crippen LogP contribution in [0.15, 0.2) is 71.2 Å². The van der Waals surface area contributed by atoms with E-state index in [1.165, 1.54) is 19.2 Å². The quantitative estimate of drug-likeness (QED) is 0.351. The van der Waals surface area contributed by atoms with Crippen LogP contribution in [0.1, 0.15) is 22.3 Å². The number of benzene rings is 3. The molecule has 4 rings (SSSR count). The van der Waals surface area contributed by atoms with Crippen molar-refractivity contribution in [1.29, 1.82) is 0 Å². The van der Waals surface area contributed by atoms with Crippen LogP contribution in [0.2, 0.25) is 0 Å². The number of anilines is 2. The second-order valence-corrected chi connectivity index (χ2v) is 9.32. The number of carboxylic acids is 1. The first-order valence-corrected chi connectivity index (χ1v) is 12.4. The Bertz CT molecular complexity index is 1300. The second kappa shape index (κ2) is 11.8. The number of para-hydroxylation sites is 1. The van der Waals surface area contributed by atoms with Crippen LogP contribution in [0.4, 0.5) is 16.2 Å². The summed E-state index contributed by atoms with van der Waals surface area (Å²) in [5.41, 5.74) is 2.06. The number of urea groups is 1. The molecule has 1 saturated heterocycles. The minimum atomic E-state index is -0.992. The van der Waals surface area contributed by atoms with Gasteiger partial charge in [-0.25, -0.2) is 9.59 Å². The van der Waals surface area contributed by atoms with Crippen molar-refractivity contribution < 1.29 is 29.0 Å². The van der Waals surface area contributed by atoms with Gasteiger partial charge in [0.05, 0.1) is 37.0 Å². The first-order chi connectivity index (χ1) is 17.8. The molecular weight excluding hydrogens is 542 g/mol. The van der Waals surface area contributed by atoms with Crippen LogP contribution < -0.4 is 20.1 Å². The van der Waals surface area contributed by atoms with E-state index < -0.39 is 12.0 Å². The zero-order valence-electron chi connectivity index (χ0n) is 20.1. The number of ether oxygens (including phenoxy) is 2. The van der Waals surface area contributed by atoms with Gasteiger partial charge in [-0.15, -0.1) is 0 Å². The zero-order chi connectivity index (χ0) is 26.4. The topological polar surface area (TPSA) is 117 Å². The van der Waals surface area contributed by atoms with E-state index in [0.717, 1.165) is 10.0 Å². The fourth-order valence-electron chi connectivity index (χ4n) is 3.99. The van der Waals surface area contributed by atoms with Gasteiger partial charge in [0.15, 0.2) is 0 Å². The Labute approximate surface area is 222 Å². The summed E-state index contributed by atoms with van der Waals surface area (Å²) in [6.45, 7) is 1.02. The lowest BCUT2D eigenvalue weighted by molar-refractivity contribution is -0.129.